The average Bonchev–Trinajstić information content (AvgIpc) is 2.93. The summed E-state index contributed by atoms with van der Waals surface area (Å²) in [5.41, 5.74) is 0. The van der Waals surface area contributed by atoms with Crippen molar-refractivity contribution in [2.75, 3.05) is 0 Å². The molecule has 0 unspecified atom stereocenters. The van der Waals surface area contributed by atoms with E-state index in [1.165, 1.54) is 11.3 Å². The second kappa shape index (κ2) is 6.10. The highest BCUT2D eigenvalue weighted by atomic mass is 79.9. The van der Waals surface area contributed by atoms with Gasteiger partial charge in [-0.15, -0.1) is 11.3 Å². The van der Waals surface area contributed by atoms with Gasteiger partial charge in [-0.1, -0.05) is 5.16 Å². The topological polar surface area (TPSA) is 76.2 Å². The monoisotopic (exact) mass is 330 g/mol. The van der Waals surface area contributed by atoms with Crippen LogP contribution in [0.1, 0.15) is 25.2 Å². The molecule has 0 fully saturated rings. The molecule has 0 aromatic carbocycles. The number of thiophene rings is 1. The van der Waals surface area contributed by atoms with Crippen LogP contribution in [0.5, 0.6) is 0 Å². The molecule has 0 aliphatic heterocycles. The van der Waals surface area contributed by atoms with Crippen LogP contribution in [-0.2, 0) is 11.2 Å². The summed E-state index contributed by atoms with van der Waals surface area (Å²) in [6.45, 7) is 0. The first-order valence-electron chi connectivity index (χ1n) is 5.44. The van der Waals surface area contributed by atoms with Gasteiger partial charge in [0.15, 0.2) is 0 Å². The van der Waals surface area contributed by atoms with Crippen LogP contribution in [0, 0.1) is 0 Å². The molecule has 0 bridgehead atoms. The minimum Gasteiger partial charge on any atom is -0.481 e. The van der Waals surface area contributed by atoms with E-state index in [0.29, 0.717) is 24.6 Å². The number of carbonyl (C=O) groups is 1. The molecule has 1 N–H and O–H groups in total. The maximum Gasteiger partial charge on any atom is 0.303 e. The Labute approximate surface area is 116 Å². The lowest BCUT2D eigenvalue weighted by molar-refractivity contribution is -0.137. The lowest BCUT2D eigenvalue weighted by Gasteiger charge is -1.93. The number of halogens is 1. The van der Waals surface area contributed by atoms with Crippen LogP contribution in [0.15, 0.2) is 20.4 Å². The molecule has 18 heavy (non-hydrogen) atoms. The minimum absolute atomic E-state index is 0.179. The molecular weight excluding hydrogens is 320 g/mol. The third-order valence-corrected chi connectivity index (χ3v) is 3.97. The average molecular weight is 331 g/mol. The first kappa shape index (κ1) is 13.2. The summed E-state index contributed by atoms with van der Waals surface area (Å²) in [6, 6.07) is 1.93. The molecule has 96 valence electrons. The highest BCUT2D eigenvalue weighted by molar-refractivity contribution is 9.10. The Morgan fingerprint density at radius 3 is 3.00 bits per heavy atom. The Balaban J connectivity index is 1.88. The van der Waals surface area contributed by atoms with Crippen LogP contribution >= 0.6 is 27.3 Å². The van der Waals surface area contributed by atoms with Crippen LogP contribution in [0.3, 0.4) is 0 Å². The van der Waals surface area contributed by atoms with E-state index in [-0.39, 0.29) is 6.42 Å². The molecule has 0 saturated carbocycles. The molecule has 5 nitrogen and oxygen atoms in total. The van der Waals surface area contributed by atoms with Gasteiger partial charge in [0, 0.05) is 22.7 Å². The molecule has 2 rings (SSSR count). The van der Waals surface area contributed by atoms with E-state index in [1.807, 2.05) is 11.4 Å². The molecule has 2 heterocycles. The SMILES string of the molecule is O=C(O)CCCCc1nc(-c2cc(Br)cs2)no1. The standard InChI is InChI=1S/C11H11BrN2O3S/c12-7-5-8(18-6-7)11-13-9(17-14-11)3-1-2-4-10(15)16/h5-6H,1-4H2,(H,15,16). The first-order chi connectivity index (χ1) is 8.65. The summed E-state index contributed by atoms with van der Waals surface area (Å²) in [6.07, 6.45) is 2.16. The van der Waals surface area contributed by atoms with E-state index >= 15 is 0 Å². The second-order valence-corrected chi connectivity index (χ2v) is 5.57. The second-order valence-electron chi connectivity index (χ2n) is 3.74. The van der Waals surface area contributed by atoms with Gasteiger partial charge in [-0.3, -0.25) is 4.79 Å². The Bertz CT molecular complexity index is 538. The summed E-state index contributed by atoms with van der Waals surface area (Å²) in [4.78, 5) is 15.6. The van der Waals surface area contributed by atoms with Crippen LogP contribution in [-0.4, -0.2) is 21.2 Å². The van der Waals surface area contributed by atoms with Crippen LogP contribution in [0.4, 0.5) is 0 Å². The van der Waals surface area contributed by atoms with E-state index in [9.17, 15) is 4.79 Å². The number of nitrogens with zero attached hydrogens (tertiary/aromatic N) is 2. The summed E-state index contributed by atoms with van der Waals surface area (Å²) < 4.78 is 6.11. The Kier molecular flexibility index (Phi) is 4.48. The molecule has 2 aromatic rings. The van der Waals surface area contributed by atoms with E-state index in [4.69, 9.17) is 9.63 Å². The third-order valence-electron chi connectivity index (χ3n) is 2.29. The number of aryl methyl sites for hydroxylation is 1. The largest absolute Gasteiger partial charge is 0.481 e. The Hall–Kier alpha value is -1.21. The highest BCUT2D eigenvalue weighted by Crippen LogP contribution is 2.27. The maximum atomic E-state index is 10.3. The molecule has 0 saturated heterocycles. The first-order valence-corrected chi connectivity index (χ1v) is 7.11. The zero-order valence-corrected chi connectivity index (χ0v) is 11.8. The number of carboxylic acids is 1. The smallest absolute Gasteiger partial charge is 0.303 e. The van der Waals surface area contributed by atoms with Crippen molar-refractivity contribution in [2.45, 2.75) is 25.7 Å². The number of hydrogen-bond acceptors (Lipinski definition) is 5. The number of aliphatic carboxylic acids is 1. The van der Waals surface area contributed by atoms with Crippen molar-refractivity contribution in [1.82, 2.24) is 10.1 Å². The number of unbranched alkanes of at least 4 members (excludes halogenated alkanes) is 1. The molecule has 0 amide bonds. The molecular formula is C11H11BrN2O3S. The fourth-order valence-electron chi connectivity index (χ4n) is 1.44. The van der Waals surface area contributed by atoms with Crippen molar-refractivity contribution in [3.05, 3.63) is 21.8 Å². The van der Waals surface area contributed by atoms with Crippen molar-refractivity contribution in [3.8, 4) is 10.7 Å². The summed E-state index contributed by atoms with van der Waals surface area (Å²) in [5.74, 6) is 0.364. The fourth-order valence-corrected chi connectivity index (χ4v) is 2.79. The van der Waals surface area contributed by atoms with Gasteiger partial charge in [0.1, 0.15) is 0 Å². The number of carboxylic acid groups (broad SMARTS) is 1. The molecule has 0 radical (unpaired) electrons. The minimum atomic E-state index is -0.773. The Morgan fingerprint density at radius 1 is 1.50 bits per heavy atom. The van der Waals surface area contributed by atoms with Gasteiger partial charge in [-0.25, -0.2) is 0 Å². The summed E-state index contributed by atoms with van der Waals surface area (Å²) in [5, 5.41) is 14.4. The van der Waals surface area contributed by atoms with Gasteiger partial charge in [-0.05, 0) is 34.8 Å². The molecule has 7 heteroatoms. The molecule has 0 spiro atoms. The quantitative estimate of drug-likeness (QED) is 0.822. The van der Waals surface area contributed by atoms with Gasteiger partial charge >= 0.3 is 5.97 Å². The van der Waals surface area contributed by atoms with Crippen LogP contribution < -0.4 is 0 Å². The third kappa shape index (κ3) is 3.64. The normalized spacial score (nSPS) is 10.7. The molecule has 0 atom stereocenters. The highest BCUT2D eigenvalue weighted by Gasteiger charge is 2.10. The predicted molar refractivity (Wildman–Crippen MR) is 70.5 cm³/mol. The van der Waals surface area contributed by atoms with Crippen molar-refractivity contribution < 1.29 is 14.4 Å². The lowest BCUT2D eigenvalue weighted by Crippen LogP contribution is -1.95. The lowest BCUT2D eigenvalue weighted by atomic mass is 10.2. The number of aromatic nitrogens is 2. The molecule has 2 aromatic heterocycles. The van der Waals surface area contributed by atoms with Gasteiger partial charge in [0.25, 0.3) is 0 Å². The number of rotatable bonds is 6. The zero-order chi connectivity index (χ0) is 13.0. The zero-order valence-electron chi connectivity index (χ0n) is 9.43. The van der Waals surface area contributed by atoms with Crippen LogP contribution in [0.25, 0.3) is 10.7 Å². The summed E-state index contributed by atoms with van der Waals surface area (Å²) >= 11 is 4.91. The Morgan fingerprint density at radius 2 is 2.33 bits per heavy atom. The predicted octanol–water partition coefficient (Wildman–Crippen LogP) is 3.36. The van der Waals surface area contributed by atoms with Crippen LogP contribution in [0.2, 0.25) is 0 Å². The molecule has 0 aliphatic rings. The fraction of sp³-hybridized carbons (Fsp3) is 0.364. The van der Waals surface area contributed by atoms with E-state index in [0.717, 1.165) is 15.8 Å². The van der Waals surface area contributed by atoms with Crippen molar-refractivity contribution in [3.63, 3.8) is 0 Å². The van der Waals surface area contributed by atoms with Gasteiger partial charge in [-0.2, -0.15) is 4.98 Å². The van der Waals surface area contributed by atoms with Crippen molar-refractivity contribution in [1.29, 1.82) is 0 Å². The van der Waals surface area contributed by atoms with Crippen molar-refractivity contribution >= 4 is 33.2 Å². The van der Waals surface area contributed by atoms with Gasteiger partial charge < -0.3 is 9.63 Å². The maximum absolute atomic E-state index is 10.3. The van der Waals surface area contributed by atoms with E-state index in [1.54, 1.807) is 0 Å². The van der Waals surface area contributed by atoms with Gasteiger partial charge in [0.05, 0.1) is 4.88 Å². The molecule has 0 aliphatic carbocycles. The van der Waals surface area contributed by atoms with Gasteiger partial charge in [0.2, 0.25) is 11.7 Å². The number of hydrogen-bond donors (Lipinski definition) is 1. The van der Waals surface area contributed by atoms with E-state index in [2.05, 4.69) is 26.1 Å². The van der Waals surface area contributed by atoms with E-state index < -0.39 is 5.97 Å². The summed E-state index contributed by atoms with van der Waals surface area (Å²) in [7, 11) is 0. The van der Waals surface area contributed by atoms with Crippen molar-refractivity contribution in [2.24, 2.45) is 0 Å².